The molecular weight excluding hydrogens is 560 g/mol. The van der Waals surface area contributed by atoms with Crippen molar-refractivity contribution in [3.8, 4) is 17.1 Å². The zero-order valence-electron chi connectivity index (χ0n) is 24.2. The van der Waals surface area contributed by atoms with Crippen LogP contribution in [-0.2, 0) is 16.1 Å². The molecule has 4 N–H and O–H groups in total. The monoisotopic (exact) mass is 596 g/mol. The van der Waals surface area contributed by atoms with Gasteiger partial charge in [-0.05, 0) is 63.4 Å². The Morgan fingerprint density at radius 3 is 2.57 bits per heavy atom. The smallest absolute Gasteiger partial charge is 0.410 e. The molecule has 2 amide bonds. The summed E-state index contributed by atoms with van der Waals surface area (Å²) in [5.74, 6) is 0.0508. The Balaban J connectivity index is 1.61. The van der Waals surface area contributed by atoms with Gasteiger partial charge in [-0.2, -0.15) is 9.45 Å². The number of amides is 2. The number of aromatic nitrogens is 2. The molecule has 2 heterocycles. The van der Waals surface area contributed by atoms with Crippen molar-refractivity contribution in [3.05, 3.63) is 65.2 Å². The van der Waals surface area contributed by atoms with E-state index in [1.807, 2.05) is 32.0 Å². The molecule has 2 aromatic carbocycles. The summed E-state index contributed by atoms with van der Waals surface area (Å²) in [7, 11) is 0. The predicted molar refractivity (Wildman–Crippen MR) is 160 cm³/mol. The van der Waals surface area contributed by atoms with Gasteiger partial charge in [-0.15, -0.1) is 0 Å². The van der Waals surface area contributed by atoms with Crippen molar-refractivity contribution in [3.63, 3.8) is 0 Å². The molecule has 1 unspecified atom stereocenters. The van der Waals surface area contributed by atoms with Crippen LogP contribution in [-0.4, -0.2) is 68.5 Å². The van der Waals surface area contributed by atoms with E-state index in [1.54, 1.807) is 51.1 Å². The Hall–Kier alpha value is -4.07. The van der Waals surface area contributed by atoms with E-state index in [-0.39, 0.29) is 44.0 Å². The van der Waals surface area contributed by atoms with Crippen LogP contribution in [0.15, 0.2) is 48.5 Å². The summed E-state index contributed by atoms with van der Waals surface area (Å²) in [5.41, 5.74) is 3.86. The van der Waals surface area contributed by atoms with Gasteiger partial charge in [0.05, 0.1) is 43.2 Å². The maximum Gasteiger partial charge on any atom is 0.410 e. The van der Waals surface area contributed by atoms with Crippen molar-refractivity contribution in [2.45, 2.75) is 52.9 Å². The van der Waals surface area contributed by atoms with Crippen LogP contribution < -0.4 is 19.2 Å². The lowest BCUT2D eigenvalue weighted by atomic mass is 10.00. The number of hydrogen-bond donors (Lipinski definition) is 4. The van der Waals surface area contributed by atoms with Crippen molar-refractivity contribution in [1.82, 2.24) is 20.2 Å². The van der Waals surface area contributed by atoms with Crippen LogP contribution in [0.2, 0.25) is 0 Å². The number of benzene rings is 2. The normalized spacial score (nSPS) is 15.5. The van der Waals surface area contributed by atoms with Gasteiger partial charge in [0, 0.05) is 11.6 Å². The van der Waals surface area contributed by atoms with Crippen LogP contribution in [0.3, 0.4) is 0 Å². The lowest BCUT2D eigenvalue weighted by molar-refractivity contribution is -0.121. The molecular formula is C29H36N6O6S. The van der Waals surface area contributed by atoms with Crippen LogP contribution in [0.1, 0.15) is 37.5 Å². The minimum atomic E-state index is -0.721. The molecule has 224 valence electrons. The van der Waals surface area contributed by atoms with E-state index in [9.17, 15) is 19.9 Å². The second-order valence-corrected chi connectivity index (χ2v) is 11.6. The maximum absolute atomic E-state index is 12.8. The first-order valence-corrected chi connectivity index (χ1v) is 14.2. The van der Waals surface area contributed by atoms with E-state index in [0.717, 1.165) is 33.3 Å². The molecule has 12 nitrogen and oxygen atoms in total. The van der Waals surface area contributed by atoms with Crippen LogP contribution >= 0.6 is 12.1 Å². The van der Waals surface area contributed by atoms with Gasteiger partial charge in [0.2, 0.25) is 17.7 Å². The fraction of sp³-hybridized carbons (Fsp3) is 0.379. The van der Waals surface area contributed by atoms with E-state index in [2.05, 4.69) is 20.0 Å². The number of aliphatic hydroxyl groups excluding tert-OH is 1. The molecule has 0 spiro atoms. The number of nitrogens with one attached hydrogen (secondary N) is 2. The fourth-order valence-corrected chi connectivity index (χ4v) is 4.81. The van der Waals surface area contributed by atoms with Gasteiger partial charge in [-0.1, -0.05) is 30.3 Å². The molecule has 4 rings (SSSR count). The molecule has 0 radical (unpaired) electrons. The molecule has 13 heteroatoms. The summed E-state index contributed by atoms with van der Waals surface area (Å²) in [6.07, 6.45) is -1.24. The number of hydrogen-bond acceptors (Lipinski definition) is 11. The molecule has 1 fully saturated rings. The third-order valence-electron chi connectivity index (χ3n) is 6.20. The number of carbonyl (C=O) groups is 2. The first kappa shape index (κ1) is 30.9. The zero-order valence-corrected chi connectivity index (χ0v) is 25.1. The zero-order chi connectivity index (χ0) is 30.4. The highest BCUT2D eigenvalue weighted by Crippen LogP contribution is 2.30. The Kier molecular flexibility index (Phi) is 9.76. The minimum Gasteiger partial charge on any atom is -0.470 e. The van der Waals surface area contributed by atoms with Crippen molar-refractivity contribution in [2.75, 3.05) is 28.8 Å². The first-order chi connectivity index (χ1) is 19.9. The molecule has 0 saturated carbocycles. The molecule has 1 aromatic heterocycles. The molecule has 42 heavy (non-hydrogen) atoms. The average molecular weight is 597 g/mol. The molecule has 0 aliphatic carbocycles. The van der Waals surface area contributed by atoms with E-state index >= 15 is 0 Å². The summed E-state index contributed by atoms with van der Waals surface area (Å²) in [6, 6.07) is 14.4. The van der Waals surface area contributed by atoms with Crippen molar-refractivity contribution >= 4 is 35.8 Å². The van der Waals surface area contributed by atoms with Gasteiger partial charge in [-0.25, -0.2) is 9.78 Å². The molecule has 1 atom stereocenters. The Labute approximate surface area is 249 Å². The molecule has 1 aliphatic heterocycles. The van der Waals surface area contributed by atoms with Gasteiger partial charge in [0.15, 0.2) is 0 Å². The summed E-state index contributed by atoms with van der Waals surface area (Å²) in [5, 5.41) is 22.8. The maximum atomic E-state index is 12.8. The third kappa shape index (κ3) is 8.24. The highest BCUT2D eigenvalue weighted by molar-refractivity contribution is 8.01. The second kappa shape index (κ2) is 13.3. The van der Waals surface area contributed by atoms with E-state index in [1.165, 1.54) is 4.90 Å². The third-order valence-corrected chi connectivity index (χ3v) is 6.86. The van der Waals surface area contributed by atoms with E-state index in [4.69, 9.17) is 9.47 Å². The summed E-state index contributed by atoms with van der Waals surface area (Å²) in [4.78, 5) is 35.6. The Morgan fingerprint density at radius 1 is 1.17 bits per heavy atom. The Morgan fingerprint density at radius 2 is 1.88 bits per heavy atom. The van der Waals surface area contributed by atoms with Gasteiger partial charge >= 0.3 is 6.09 Å². The van der Waals surface area contributed by atoms with Gasteiger partial charge < -0.3 is 19.9 Å². The van der Waals surface area contributed by atoms with Crippen LogP contribution in [0.5, 0.6) is 5.88 Å². The standard InChI is InChI=1S/C29H36N6O6S/c1-18-8-6-9-19(2)26(18)23-13-25(32-27(31-23)33-42-35(39)21-11-7-10-20(12-21)17-36)40-22-14-30-24(37)16-34(15-22)28(38)41-29(3,4)5/h6-13,22,36,39H,14-17H2,1-5H3,(H,30,37)(H,31,32,33). The summed E-state index contributed by atoms with van der Waals surface area (Å²) < 4.78 is 15.6. The van der Waals surface area contributed by atoms with Crippen LogP contribution in [0.4, 0.5) is 16.4 Å². The van der Waals surface area contributed by atoms with Crippen LogP contribution in [0.25, 0.3) is 11.3 Å². The number of ether oxygens (including phenoxy) is 2. The van der Waals surface area contributed by atoms with E-state index < -0.39 is 17.8 Å². The number of rotatable bonds is 8. The number of aliphatic hydroxyl groups is 1. The van der Waals surface area contributed by atoms with Crippen molar-refractivity contribution < 1.29 is 29.4 Å². The highest BCUT2D eigenvalue weighted by atomic mass is 32.2. The van der Waals surface area contributed by atoms with Crippen LogP contribution in [0, 0.1) is 13.8 Å². The molecule has 3 aromatic rings. The SMILES string of the molecule is Cc1cccc(C)c1-c1cc(OC2CNC(=O)CN(C(=O)OC(C)(C)C)C2)nc(NSN(O)c2cccc(CO)c2)n1. The summed E-state index contributed by atoms with van der Waals surface area (Å²) in [6.45, 7) is 9.19. The minimum absolute atomic E-state index is 0.0967. The summed E-state index contributed by atoms with van der Waals surface area (Å²) >= 11 is 0.832. The topological polar surface area (TPSA) is 149 Å². The quantitative estimate of drug-likeness (QED) is 0.218. The lowest BCUT2D eigenvalue weighted by Crippen LogP contribution is -2.43. The predicted octanol–water partition coefficient (Wildman–Crippen LogP) is 4.24. The van der Waals surface area contributed by atoms with Gasteiger partial charge in [0.25, 0.3) is 0 Å². The number of aryl methyl sites for hydroxylation is 2. The number of carbonyl (C=O) groups excluding carboxylic acids is 2. The highest BCUT2D eigenvalue weighted by Gasteiger charge is 2.30. The average Bonchev–Trinajstić information content (AvgIpc) is 3.12. The molecule has 1 aliphatic rings. The first-order valence-electron chi connectivity index (χ1n) is 13.4. The lowest BCUT2D eigenvalue weighted by Gasteiger charge is -2.27. The molecule has 1 saturated heterocycles. The largest absolute Gasteiger partial charge is 0.470 e. The Bertz CT molecular complexity index is 1410. The fourth-order valence-electron chi connectivity index (χ4n) is 4.34. The van der Waals surface area contributed by atoms with Gasteiger partial charge in [0.1, 0.15) is 18.2 Å². The van der Waals surface area contributed by atoms with Crippen molar-refractivity contribution in [2.24, 2.45) is 0 Å². The van der Waals surface area contributed by atoms with Gasteiger partial charge in [-0.3, -0.25) is 19.6 Å². The van der Waals surface area contributed by atoms with Crippen molar-refractivity contribution in [1.29, 1.82) is 0 Å². The second-order valence-electron chi connectivity index (χ2n) is 10.9. The van der Waals surface area contributed by atoms with E-state index in [0.29, 0.717) is 16.9 Å². The number of nitrogens with zero attached hydrogens (tertiary/aromatic N) is 4. The molecule has 0 bridgehead atoms. The number of anilines is 2.